The van der Waals surface area contributed by atoms with Crippen molar-refractivity contribution in [2.24, 2.45) is 10.3 Å². The molecule has 0 atom stereocenters. The second-order valence-corrected chi connectivity index (χ2v) is 5.18. The van der Waals surface area contributed by atoms with E-state index in [4.69, 9.17) is 4.74 Å². The molecule has 0 unspecified atom stereocenters. The average molecular weight is 233 g/mol. The first kappa shape index (κ1) is 11.9. The van der Waals surface area contributed by atoms with Crippen molar-refractivity contribution < 1.29 is 4.74 Å². The summed E-state index contributed by atoms with van der Waals surface area (Å²) in [6, 6.07) is 6.13. The number of para-hydroxylation sites is 1. The third-order valence-electron chi connectivity index (χ3n) is 2.87. The van der Waals surface area contributed by atoms with Gasteiger partial charge in [0.2, 0.25) is 0 Å². The molecule has 92 valence electrons. The minimum Gasteiger partial charge on any atom is -0.494 e. The van der Waals surface area contributed by atoms with Crippen LogP contribution in [0.1, 0.15) is 26.3 Å². The zero-order valence-electron chi connectivity index (χ0n) is 10.9. The van der Waals surface area contributed by atoms with E-state index in [0.717, 1.165) is 24.5 Å². The Kier molecular flexibility index (Phi) is 3.05. The topological polar surface area (TPSA) is 37.2 Å². The molecule has 0 aromatic heterocycles. The van der Waals surface area contributed by atoms with Crippen LogP contribution in [0.4, 0.5) is 5.69 Å². The van der Waals surface area contributed by atoms with Crippen LogP contribution in [0.2, 0.25) is 0 Å². The molecule has 1 aliphatic heterocycles. The van der Waals surface area contributed by atoms with Gasteiger partial charge < -0.3 is 4.74 Å². The van der Waals surface area contributed by atoms with E-state index in [0.29, 0.717) is 0 Å². The van der Waals surface area contributed by atoms with Crippen LogP contribution in [0.15, 0.2) is 28.5 Å². The number of nitrogens with zero attached hydrogens (tertiary/aromatic N) is 3. The predicted molar refractivity (Wildman–Crippen MR) is 68.8 cm³/mol. The third kappa shape index (κ3) is 2.25. The Bertz CT molecular complexity index is 435. The fourth-order valence-electron chi connectivity index (χ4n) is 2.02. The molecule has 0 fully saturated rings. The average Bonchev–Trinajstić information content (AvgIpc) is 2.80. The van der Waals surface area contributed by atoms with Crippen molar-refractivity contribution in [3.8, 4) is 5.75 Å². The van der Waals surface area contributed by atoms with E-state index in [1.54, 1.807) is 7.11 Å². The summed E-state index contributed by atoms with van der Waals surface area (Å²) in [5.41, 5.74) is 2.34. The number of anilines is 1. The second kappa shape index (κ2) is 4.35. The molecule has 4 nitrogen and oxygen atoms in total. The smallest absolute Gasteiger partial charge is 0.144 e. The highest BCUT2D eigenvalue weighted by Gasteiger charge is 2.25. The fraction of sp³-hybridized carbons (Fsp3) is 0.538. The molecule has 0 amide bonds. The Morgan fingerprint density at radius 2 is 2.06 bits per heavy atom. The summed E-state index contributed by atoms with van der Waals surface area (Å²) < 4.78 is 5.45. The van der Waals surface area contributed by atoms with Gasteiger partial charge in [0.1, 0.15) is 11.4 Å². The second-order valence-electron chi connectivity index (χ2n) is 5.18. The molecule has 1 aromatic rings. The summed E-state index contributed by atoms with van der Waals surface area (Å²) in [7, 11) is 1.69. The third-order valence-corrected chi connectivity index (χ3v) is 2.87. The van der Waals surface area contributed by atoms with E-state index in [9.17, 15) is 0 Å². The quantitative estimate of drug-likeness (QED) is 0.786. The van der Waals surface area contributed by atoms with Crippen LogP contribution < -0.4 is 9.75 Å². The summed E-state index contributed by atoms with van der Waals surface area (Å²) in [5, 5.41) is 10.1. The maximum atomic E-state index is 5.45. The first-order valence-electron chi connectivity index (χ1n) is 5.86. The predicted octanol–water partition coefficient (Wildman–Crippen LogP) is 3.18. The van der Waals surface area contributed by atoms with Gasteiger partial charge in [-0.05, 0) is 17.0 Å². The van der Waals surface area contributed by atoms with Crippen LogP contribution in [0, 0.1) is 0 Å². The van der Waals surface area contributed by atoms with Crippen molar-refractivity contribution in [3.05, 3.63) is 23.8 Å². The van der Waals surface area contributed by atoms with Crippen LogP contribution in [0.3, 0.4) is 0 Å². The van der Waals surface area contributed by atoms with E-state index in [2.05, 4.69) is 37.2 Å². The first-order chi connectivity index (χ1) is 8.04. The summed E-state index contributed by atoms with van der Waals surface area (Å²) >= 11 is 0. The Hall–Kier alpha value is -1.58. The molecule has 0 spiro atoms. The minimum absolute atomic E-state index is 0.0575. The van der Waals surface area contributed by atoms with Crippen LogP contribution in [0.5, 0.6) is 5.75 Å². The number of hydrogen-bond donors (Lipinski definition) is 0. The van der Waals surface area contributed by atoms with Gasteiger partial charge in [0.25, 0.3) is 0 Å². The van der Waals surface area contributed by atoms with Gasteiger partial charge in [-0.2, -0.15) is 5.11 Å². The van der Waals surface area contributed by atoms with Gasteiger partial charge >= 0.3 is 0 Å². The summed E-state index contributed by atoms with van der Waals surface area (Å²) in [6.45, 7) is 8.15. The zero-order valence-corrected chi connectivity index (χ0v) is 10.9. The molecule has 0 radical (unpaired) electrons. The molecule has 2 rings (SSSR count). The van der Waals surface area contributed by atoms with Gasteiger partial charge in [-0.3, -0.25) is 0 Å². The lowest BCUT2D eigenvalue weighted by atomic mass is 9.85. The van der Waals surface area contributed by atoms with Crippen molar-refractivity contribution in [1.29, 1.82) is 0 Å². The first-order valence-corrected chi connectivity index (χ1v) is 5.86. The highest BCUT2D eigenvalue weighted by atomic mass is 16.5. The summed E-state index contributed by atoms with van der Waals surface area (Å²) in [6.07, 6.45) is 0. The maximum Gasteiger partial charge on any atom is 0.144 e. The number of rotatable bonds is 2. The highest BCUT2D eigenvalue weighted by Crippen LogP contribution is 2.39. The number of methoxy groups -OCH3 is 1. The fourth-order valence-corrected chi connectivity index (χ4v) is 2.02. The molecule has 17 heavy (non-hydrogen) atoms. The maximum absolute atomic E-state index is 5.45. The molecule has 1 heterocycles. The zero-order chi connectivity index (χ0) is 12.5. The van der Waals surface area contributed by atoms with Crippen molar-refractivity contribution >= 4 is 5.69 Å². The minimum atomic E-state index is 0.0575. The van der Waals surface area contributed by atoms with Crippen LogP contribution in [-0.2, 0) is 5.41 Å². The van der Waals surface area contributed by atoms with Gasteiger partial charge in [-0.25, -0.2) is 5.01 Å². The molecule has 4 heteroatoms. The van der Waals surface area contributed by atoms with Crippen LogP contribution >= 0.6 is 0 Å². The van der Waals surface area contributed by atoms with Gasteiger partial charge in [0, 0.05) is 0 Å². The van der Waals surface area contributed by atoms with Crippen molar-refractivity contribution in [2.75, 3.05) is 25.2 Å². The van der Waals surface area contributed by atoms with Crippen molar-refractivity contribution in [3.63, 3.8) is 0 Å². The normalized spacial score (nSPS) is 15.4. The van der Waals surface area contributed by atoms with Gasteiger partial charge in [-0.15, -0.1) is 0 Å². The Labute approximate surface area is 102 Å². The van der Waals surface area contributed by atoms with Gasteiger partial charge in [0.05, 0.1) is 20.2 Å². The van der Waals surface area contributed by atoms with E-state index in [-0.39, 0.29) is 5.41 Å². The standard InChI is InChI=1S/C13H19N3O/c1-13(2,3)10-6-5-7-11(17-4)12(10)16-9-8-14-15-16/h5-7H,8-9H2,1-4H3. The molecule has 0 N–H and O–H groups in total. The van der Waals surface area contributed by atoms with E-state index < -0.39 is 0 Å². The largest absolute Gasteiger partial charge is 0.494 e. The summed E-state index contributed by atoms with van der Waals surface area (Å²) in [5.74, 6) is 0.860. The molecule has 1 aromatic carbocycles. The highest BCUT2D eigenvalue weighted by molar-refractivity contribution is 5.65. The Morgan fingerprint density at radius 1 is 1.29 bits per heavy atom. The Morgan fingerprint density at radius 3 is 2.59 bits per heavy atom. The number of ether oxygens (including phenoxy) is 1. The number of hydrogen-bond acceptors (Lipinski definition) is 4. The van der Waals surface area contributed by atoms with E-state index in [1.165, 1.54) is 5.56 Å². The Balaban J connectivity index is 2.55. The monoisotopic (exact) mass is 233 g/mol. The van der Waals surface area contributed by atoms with Crippen LogP contribution in [-0.4, -0.2) is 20.2 Å². The van der Waals surface area contributed by atoms with Crippen LogP contribution in [0.25, 0.3) is 0 Å². The molecule has 0 bridgehead atoms. The molecular formula is C13H19N3O. The molecule has 0 saturated carbocycles. The lowest BCUT2D eigenvalue weighted by molar-refractivity contribution is 0.412. The van der Waals surface area contributed by atoms with Crippen molar-refractivity contribution in [2.45, 2.75) is 26.2 Å². The lowest BCUT2D eigenvalue weighted by Gasteiger charge is -2.27. The van der Waals surface area contributed by atoms with Gasteiger partial charge in [0.15, 0.2) is 0 Å². The molecule has 0 aliphatic carbocycles. The van der Waals surface area contributed by atoms with Gasteiger partial charge in [-0.1, -0.05) is 38.1 Å². The SMILES string of the molecule is COc1cccc(C(C)(C)C)c1N1CCN=N1. The molecule has 0 saturated heterocycles. The van der Waals surface area contributed by atoms with E-state index >= 15 is 0 Å². The van der Waals surface area contributed by atoms with E-state index in [1.807, 2.05) is 17.1 Å². The lowest BCUT2D eigenvalue weighted by Crippen LogP contribution is -2.21. The molecule has 1 aliphatic rings. The molecular weight excluding hydrogens is 214 g/mol. The number of benzene rings is 1. The van der Waals surface area contributed by atoms with Crippen molar-refractivity contribution in [1.82, 2.24) is 0 Å². The summed E-state index contributed by atoms with van der Waals surface area (Å²) in [4.78, 5) is 0.